The van der Waals surface area contributed by atoms with Crippen LogP contribution in [0.25, 0.3) is 0 Å². The third kappa shape index (κ3) is 0.955. The van der Waals surface area contributed by atoms with Crippen molar-refractivity contribution in [1.82, 2.24) is 0 Å². The summed E-state index contributed by atoms with van der Waals surface area (Å²) in [7, 11) is 0. The lowest BCUT2D eigenvalue weighted by Gasteiger charge is -2.58. The van der Waals surface area contributed by atoms with Crippen molar-refractivity contribution in [3.05, 3.63) is 0 Å². The van der Waals surface area contributed by atoms with Gasteiger partial charge in [-0.1, -0.05) is 5.16 Å². The Labute approximate surface area is 94.6 Å². The molecule has 1 heterocycles. The molecule has 4 nitrogen and oxygen atoms in total. The lowest BCUT2D eigenvalue weighted by molar-refractivity contribution is -0.257. The molecule has 0 aromatic carbocycles. The van der Waals surface area contributed by atoms with Crippen LogP contribution in [0.3, 0.4) is 0 Å². The van der Waals surface area contributed by atoms with E-state index in [1.807, 2.05) is 0 Å². The van der Waals surface area contributed by atoms with Gasteiger partial charge in [0, 0.05) is 11.8 Å². The van der Waals surface area contributed by atoms with Gasteiger partial charge in [0.15, 0.2) is 5.79 Å². The van der Waals surface area contributed by atoms with Crippen molar-refractivity contribution < 1.29 is 14.7 Å². The largest absolute Gasteiger partial charge is 0.411 e. The molecule has 88 valence electrons. The van der Waals surface area contributed by atoms with Gasteiger partial charge in [0.05, 0.1) is 24.8 Å². The van der Waals surface area contributed by atoms with Crippen molar-refractivity contribution in [2.24, 2.45) is 28.8 Å². The van der Waals surface area contributed by atoms with E-state index >= 15 is 0 Å². The van der Waals surface area contributed by atoms with Crippen LogP contribution < -0.4 is 0 Å². The molecule has 1 N–H and O–H groups in total. The first-order valence-corrected chi connectivity index (χ1v) is 6.33. The summed E-state index contributed by atoms with van der Waals surface area (Å²) in [5.74, 6) is 1.62. The van der Waals surface area contributed by atoms with Crippen LogP contribution in [0.5, 0.6) is 0 Å². The number of hydrogen-bond acceptors (Lipinski definition) is 4. The van der Waals surface area contributed by atoms with Crippen molar-refractivity contribution in [1.29, 1.82) is 0 Å². The molecular formula is C12H17NO3. The minimum atomic E-state index is -0.422. The van der Waals surface area contributed by atoms with Crippen LogP contribution in [0, 0.1) is 23.7 Å². The van der Waals surface area contributed by atoms with Crippen LogP contribution in [0.2, 0.25) is 0 Å². The third-order valence-electron chi connectivity index (χ3n) is 5.06. The first kappa shape index (κ1) is 9.42. The Hall–Kier alpha value is -0.610. The van der Waals surface area contributed by atoms with Gasteiger partial charge in [-0.2, -0.15) is 0 Å². The third-order valence-corrected chi connectivity index (χ3v) is 5.06. The highest BCUT2D eigenvalue weighted by Crippen LogP contribution is 2.59. The Morgan fingerprint density at radius 3 is 2.69 bits per heavy atom. The summed E-state index contributed by atoms with van der Waals surface area (Å²) in [5, 5.41) is 12.8. The predicted molar refractivity (Wildman–Crippen MR) is 56.3 cm³/mol. The van der Waals surface area contributed by atoms with Crippen molar-refractivity contribution in [3.63, 3.8) is 0 Å². The van der Waals surface area contributed by atoms with Gasteiger partial charge in [-0.25, -0.2) is 0 Å². The molecule has 5 rings (SSSR count). The molecule has 16 heavy (non-hydrogen) atoms. The van der Waals surface area contributed by atoms with Gasteiger partial charge in [0.2, 0.25) is 0 Å². The van der Waals surface area contributed by atoms with Gasteiger partial charge in [-0.15, -0.1) is 0 Å². The van der Waals surface area contributed by atoms with Gasteiger partial charge in [0.25, 0.3) is 0 Å². The number of nitrogens with zero attached hydrogens (tertiary/aromatic N) is 1. The van der Waals surface area contributed by atoms with E-state index in [0.717, 1.165) is 24.5 Å². The molecule has 4 heteroatoms. The van der Waals surface area contributed by atoms with E-state index < -0.39 is 5.79 Å². The van der Waals surface area contributed by atoms with Gasteiger partial charge in [0.1, 0.15) is 0 Å². The Morgan fingerprint density at radius 1 is 1.12 bits per heavy atom. The van der Waals surface area contributed by atoms with E-state index in [-0.39, 0.29) is 5.92 Å². The molecule has 0 aromatic rings. The highest BCUT2D eigenvalue weighted by Gasteiger charge is 2.63. The van der Waals surface area contributed by atoms with Gasteiger partial charge >= 0.3 is 0 Å². The second-order valence-electron chi connectivity index (χ2n) is 5.70. The molecule has 0 amide bonds. The number of rotatable bonds is 0. The Bertz CT molecular complexity index is 348. The summed E-state index contributed by atoms with van der Waals surface area (Å²) in [5.41, 5.74) is 0.953. The average Bonchev–Trinajstić information content (AvgIpc) is 2.76. The molecule has 5 fully saturated rings. The van der Waals surface area contributed by atoms with Crippen molar-refractivity contribution >= 4 is 5.71 Å². The highest BCUT2D eigenvalue weighted by atomic mass is 16.7. The van der Waals surface area contributed by atoms with Crippen molar-refractivity contribution in [2.45, 2.75) is 31.5 Å². The normalized spacial score (nSPS) is 50.6. The molecule has 1 aliphatic heterocycles. The van der Waals surface area contributed by atoms with E-state index in [0.29, 0.717) is 25.0 Å². The minimum Gasteiger partial charge on any atom is -0.411 e. The maximum Gasteiger partial charge on any atom is 0.179 e. The van der Waals surface area contributed by atoms with E-state index in [2.05, 4.69) is 5.16 Å². The maximum atomic E-state index is 9.22. The molecule has 4 bridgehead atoms. The summed E-state index contributed by atoms with van der Waals surface area (Å²) < 4.78 is 11.9. The predicted octanol–water partition coefficient (Wildman–Crippen LogP) is 1.63. The molecule has 0 radical (unpaired) electrons. The quantitative estimate of drug-likeness (QED) is 0.501. The second-order valence-corrected chi connectivity index (χ2v) is 5.70. The zero-order valence-electron chi connectivity index (χ0n) is 9.26. The molecule has 1 saturated heterocycles. The summed E-state index contributed by atoms with van der Waals surface area (Å²) in [6, 6.07) is 0. The monoisotopic (exact) mass is 223 g/mol. The molecule has 0 aromatic heterocycles. The summed E-state index contributed by atoms with van der Waals surface area (Å²) in [6.07, 6.45) is 4.63. The number of hydrogen-bond donors (Lipinski definition) is 1. The molecule has 4 saturated carbocycles. The fourth-order valence-corrected chi connectivity index (χ4v) is 4.63. The maximum absolute atomic E-state index is 9.22. The summed E-state index contributed by atoms with van der Waals surface area (Å²) in [4.78, 5) is 0. The van der Waals surface area contributed by atoms with E-state index in [1.54, 1.807) is 0 Å². The standard InChI is InChI=1S/C12H17NO3/c14-13-11-8-3-7-4-9(6-8)12(10(11)5-7)15-1-2-16-12/h7-10,14H,1-6H2. The smallest absolute Gasteiger partial charge is 0.179 e. The number of oxime groups is 1. The van der Waals surface area contributed by atoms with Crippen molar-refractivity contribution in [3.8, 4) is 0 Å². The second kappa shape index (κ2) is 2.99. The molecule has 4 unspecified atom stereocenters. The van der Waals surface area contributed by atoms with Crippen LogP contribution in [-0.4, -0.2) is 29.9 Å². The fraction of sp³-hybridized carbons (Fsp3) is 0.917. The first-order chi connectivity index (χ1) is 7.83. The van der Waals surface area contributed by atoms with E-state index in [1.165, 1.54) is 12.8 Å². The molecular weight excluding hydrogens is 206 g/mol. The topological polar surface area (TPSA) is 51.1 Å². The minimum absolute atomic E-state index is 0.219. The lowest BCUT2D eigenvalue weighted by Crippen LogP contribution is -2.62. The Morgan fingerprint density at radius 2 is 1.94 bits per heavy atom. The Kier molecular flexibility index (Phi) is 1.76. The van der Waals surface area contributed by atoms with Crippen LogP contribution in [0.1, 0.15) is 25.7 Å². The van der Waals surface area contributed by atoms with Crippen LogP contribution >= 0.6 is 0 Å². The zero-order valence-corrected chi connectivity index (χ0v) is 9.26. The molecule has 1 spiro atoms. The van der Waals surface area contributed by atoms with Gasteiger partial charge in [-0.05, 0) is 31.6 Å². The van der Waals surface area contributed by atoms with E-state index in [4.69, 9.17) is 9.47 Å². The zero-order chi connectivity index (χ0) is 10.8. The van der Waals surface area contributed by atoms with Crippen LogP contribution in [0.15, 0.2) is 5.16 Å². The van der Waals surface area contributed by atoms with Crippen LogP contribution in [0.4, 0.5) is 0 Å². The average molecular weight is 223 g/mol. The number of ether oxygens (including phenoxy) is 2. The molecule has 4 aliphatic carbocycles. The molecule has 4 atom stereocenters. The highest BCUT2D eigenvalue weighted by molar-refractivity contribution is 5.91. The summed E-state index contributed by atoms with van der Waals surface area (Å²) >= 11 is 0. The van der Waals surface area contributed by atoms with Gasteiger partial charge < -0.3 is 14.7 Å². The van der Waals surface area contributed by atoms with Crippen molar-refractivity contribution in [2.75, 3.05) is 13.2 Å². The van der Waals surface area contributed by atoms with Gasteiger partial charge in [-0.3, -0.25) is 0 Å². The summed E-state index contributed by atoms with van der Waals surface area (Å²) in [6.45, 7) is 1.39. The van der Waals surface area contributed by atoms with Crippen LogP contribution in [-0.2, 0) is 9.47 Å². The lowest BCUT2D eigenvalue weighted by atomic mass is 9.52. The van der Waals surface area contributed by atoms with E-state index in [9.17, 15) is 5.21 Å². The molecule has 5 aliphatic rings. The first-order valence-electron chi connectivity index (χ1n) is 6.33. The Balaban J connectivity index is 1.80. The fourth-order valence-electron chi connectivity index (χ4n) is 4.63. The SMILES string of the molecule is ON=C1C2CC3CC(C2)C2(OCCO2)C1C3.